The molecule has 0 aliphatic heterocycles. The number of rotatable bonds is 5. The summed E-state index contributed by atoms with van der Waals surface area (Å²) in [7, 11) is 0. The number of pyridine rings is 1. The van der Waals surface area contributed by atoms with Crippen LogP contribution in [0.1, 0.15) is 20.3 Å². The van der Waals surface area contributed by atoms with E-state index in [1.54, 1.807) is 0 Å². The van der Waals surface area contributed by atoms with Crippen LogP contribution in [0, 0.1) is 29.4 Å². The second kappa shape index (κ2) is 5.99. The molecule has 1 atom stereocenters. The minimum Gasteiger partial charge on any atom is -0.394 e. The number of anilines is 1. The van der Waals surface area contributed by atoms with E-state index in [-0.39, 0.29) is 5.92 Å². The molecular weight excluding hydrogens is 252 g/mol. The molecule has 0 saturated heterocycles. The molecule has 1 aromatic heterocycles. The van der Waals surface area contributed by atoms with Gasteiger partial charge in [0.05, 0.1) is 6.61 Å². The van der Waals surface area contributed by atoms with Gasteiger partial charge >= 0.3 is 0 Å². The topological polar surface area (TPSA) is 45.1 Å². The SMILES string of the molecule is CC(C)CC(CO)Nc1c(F)c(F)nc(F)c1F. The smallest absolute Gasteiger partial charge is 0.253 e. The zero-order chi connectivity index (χ0) is 13.9. The van der Waals surface area contributed by atoms with Crippen molar-refractivity contribution in [3.63, 3.8) is 0 Å². The molecule has 7 heteroatoms. The molecule has 102 valence electrons. The number of halogens is 4. The highest BCUT2D eigenvalue weighted by atomic mass is 19.2. The van der Waals surface area contributed by atoms with Gasteiger partial charge in [-0.1, -0.05) is 13.8 Å². The zero-order valence-electron chi connectivity index (χ0n) is 9.98. The number of nitrogens with zero attached hydrogens (tertiary/aromatic N) is 1. The van der Waals surface area contributed by atoms with E-state index in [0.29, 0.717) is 6.42 Å². The van der Waals surface area contributed by atoms with Crippen molar-refractivity contribution in [2.75, 3.05) is 11.9 Å². The summed E-state index contributed by atoms with van der Waals surface area (Å²) >= 11 is 0. The maximum atomic E-state index is 13.3. The number of aliphatic hydroxyl groups excluding tert-OH is 1. The Kier molecular flexibility index (Phi) is 4.89. The van der Waals surface area contributed by atoms with E-state index in [1.165, 1.54) is 0 Å². The Labute approximate surface area is 102 Å². The zero-order valence-corrected chi connectivity index (χ0v) is 9.98. The monoisotopic (exact) mass is 266 g/mol. The van der Waals surface area contributed by atoms with E-state index in [4.69, 9.17) is 5.11 Å². The Morgan fingerprint density at radius 2 is 1.61 bits per heavy atom. The maximum absolute atomic E-state index is 13.3. The Balaban J connectivity index is 3.02. The molecule has 1 rings (SSSR count). The molecule has 0 aliphatic carbocycles. The first kappa shape index (κ1) is 14.7. The average molecular weight is 266 g/mol. The summed E-state index contributed by atoms with van der Waals surface area (Å²) in [5, 5.41) is 11.3. The van der Waals surface area contributed by atoms with Crippen LogP contribution in [0.15, 0.2) is 0 Å². The molecule has 0 amide bonds. The van der Waals surface area contributed by atoms with Gasteiger partial charge in [0.15, 0.2) is 0 Å². The molecule has 0 fully saturated rings. The summed E-state index contributed by atoms with van der Waals surface area (Å²) in [6.07, 6.45) is 0.390. The lowest BCUT2D eigenvalue weighted by Crippen LogP contribution is -2.27. The Hall–Kier alpha value is -1.37. The largest absolute Gasteiger partial charge is 0.394 e. The minimum absolute atomic E-state index is 0.136. The number of nitrogens with one attached hydrogen (secondary N) is 1. The van der Waals surface area contributed by atoms with Crippen LogP contribution in [0.25, 0.3) is 0 Å². The van der Waals surface area contributed by atoms with Crippen molar-refractivity contribution in [1.82, 2.24) is 4.98 Å². The third kappa shape index (κ3) is 3.32. The van der Waals surface area contributed by atoms with Gasteiger partial charge in [-0.2, -0.15) is 22.5 Å². The molecule has 0 spiro atoms. The maximum Gasteiger partial charge on any atom is 0.253 e. The van der Waals surface area contributed by atoms with Gasteiger partial charge in [-0.3, -0.25) is 0 Å². The normalized spacial score (nSPS) is 12.9. The van der Waals surface area contributed by atoms with Crippen molar-refractivity contribution < 1.29 is 22.7 Å². The first-order valence-electron chi connectivity index (χ1n) is 5.44. The van der Waals surface area contributed by atoms with Gasteiger partial charge in [-0.05, 0) is 12.3 Å². The van der Waals surface area contributed by atoms with E-state index >= 15 is 0 Å². The van der Waals surface area contributed by atoms with Gasteiger partial charge in [0.2, 0.25) is 11.6 Å². The fourth-order valence-corrected chi connectivity index (χ4v) is 1.57. The van der Waals surface area contributed by atoms with Gasteiger partial charge < -0.3 is 10.4 Å². The Bertz CT molecular complexity index is 400. The van der Waals surface area contributed by atoms with Crippen LogP contribution in [0.3, 0.4) is 0 Å². The van der Waals surface area contributed by atoms with Crippen LogP contribution in [-0.2, 0) is 0 Å². The first-order valence-corrected chi connectivity index (χ1v) is 5.44. The summed E-state index contributed by atoms with van der Waals surface area (Å²) in [5.74, 6) is -6.51. The standard InChI is InChI=1S/C11H14F4N2O/c1-5(2)3-6(4-18)16-9-7(12)10(14)17-11(15)8(9)13/h5-6,18H,3-4H2,1-2H3,(H,16,17). The lowest BCUT2D eigenvalue weighted by molar-refractivity contribution is 0.258. The Morgan fingerprint density at radius 3 is 2.00 bits per heavy atom. The van der Waals surface area contributed by atoms with Gasteiger partial charge in [0.1, 0.15) is 5.69 Å². The molecule has 1 heterocycles. The molecule has 0 saturated carbocycles. The number of aromatic nitrogens is 1. The summed E-state index contributed by atoms with van der Waals surface area (Å²) in [6, 6.07) is -0.699. The molecule has 0 aromatic carbocycles. The third-order valence-electron chi connectivity index (χ3n) is 2.32. The van der Waals surface area contributed by atoms with E-state index in [2.05, 4.69) is 10.3 Å². The van der Waals surface area contributed by atoms with Crippen molar-refractivity contribution in [1.29, 1.82) is 0 Å². The summed E-state index contributed by atoms with van der Waals surface area (Å²) in [4.78, 5) is 2.44. The van der Waals surface area contributed by atoms with Crippen LogP contribution in [0.2, 0.25) is 0 Å². The molecular formula is C11H14F4N2O. The quantitative estimate of drug-likeness (QED) is 0.635. The van der Waals surface area contributed by atoms with Crippen molar-refractivity contribution in [3.05, 3.63) is 23.5 Å². The van der Waals surface area contributed by atoms with E-state index in [0.717, 1.165) is 0 Å². The van der Waals surface area contributed by atoms with Crippen LogP contribution in [0.5, 0.6) is 0 Å². The lowest BCUT2D eigenvalue weighted by Gasteiger charge is -2.20. The molecule has 3 nitrogen and oxygen atoms in total. The number of hydrogen-bond acceptors (Lipinski definition) is 3. The highest BCUT2D eigenvalue weighted by molar-refractivity contribution is 5.46. The molecule has 1 unspecified atom stereocenters. The van der Waals surface area contributed by atoms with Gasteiger partial charge in [-0.25, -0.2) is 0 Å². The molecule has 0 aliphatic rings. The molecule has 0 radical (unpaired) electrons. The summed E-state index contributed by atoms with van der Waals surface area (Å²) in [6.45, 7) is 3.26. The minimum atomic E-state index is -1.72. The van der Waals surface area contributed by atoms with Crippen molar-refractivity contribution in [2.24, 2.45) is 5.92 Å². The fourth-order valence-electron chi connectivity index (χ4n) is 1.57. The predicted molar refractivity (Wildman–Crippen MR) is 58.0 cm³/mol. The Morgan fingerprint density at radius 1 is 1.11 bits per heavy atom. The summed E-state index contributed by atoms with van der Waals surface area (Å²) in [5.41, 5.74) is -0.945. The highest BCUT2D eigenvalue weighted by Gasteiger charge is 2.23. The van der Waals surface area contributed by atoms with E-state index in [9.17, 15) is 17.6 Å². The van der Waals surface area contributed by atoms with Gasteiger partial charge in [0.25, 0.3) is 11.9 Å². The van der Waals surface area contributed by atoms with E-state index < -0.39 is 41.9 Å². The van der Waals surface area contributed by atoms with Crippen LogP contribution in [-0.4, -0.2) is 22.7 Å². The fraction of sp³-hybridized carbons (Fsp3) is 0.545. The second-order valence-corrected chi connectivity index (χ2v) is 4.35. The van der Waals surface area contributed by atoms with Crippen LogP contribution in [0.4, 0.5) is 23.2 Å². The summed E-state index contributed by atoms with van der Waals surface area (Å²) < 4.78 is 52.3. The van der Waals surface area contributed by atoms with Crippen molar-refractivity contribution >= 4 is 5.69 Å². The third-order valence-corrected chi connectivity index (χ3v) is 2.32. The molecule has 18 heavy (non-hydrogen) atoms. The molecule has 2 N–H and O–H groups in total. The molecule has 1 aromatic rings. The molecule has 0 bridgehead atoms. The second-order valence-electron chi connectivity index (χ2n) is 4.35. The number of aliphatic hydroxyl groups is 1. The van der Waals surface area contributed by atoms with Crippen molar-refractivity contribution in [2.45, 2.75) is 26.3 Å². The van der Waals surface area contributed by atoms with Crippen LogP contribution >= 0.6 is 0 Å². The first-order chi connectivity index (χ1) is 8.36. The van der Waals surface area contributed by atoms with Crippen LogP contribution < -0.4 is 5.32 Å². The average Bonchev–Trinajstić information content (AvgIpc) is 2.30. The van der Waals surface area contributed by atoms with Gasteiger partial charge in [-0.15, -0.1) is 0 Å². The van der Waals surface area contributed by atoms with Crippen molar-refractivity contribution in [3.8, 4) is 0 Å². The predicted octanol–water partition coefficient (Wildman–Crippen LogP) is 2.46. The highest BCUT2D eigenvalue weighted by Crippen LogP contribution is 2.23. The van der Waals surface area contributed by atoms with E-state index in [1.807, 2.05) is 13.8 Å². The van der Waals surface area contributed by atoms with Gasteiger partial charge in [0, 0.05) is 6.04 Å². The number of hydrogen-bond donors (Lipinski definition) is 2. The lowest BCUT2D eigenvalue weighted by atomic mass is 10.0.